The molecule has 1 aliphatic heterocycles. The maximum Gasteiger partial charge on any atom is 0.337 e. The number of nitrogens with zero attached hydrogens (tertiary/aromatic N) is 1. The summed E-state index contributed by atoms with van der Waals surface area (Å²) in [7, 11) is -2.47. The summed E-state index contributed by atoms with van der Waals surface area (Å²) in [5.41, 5.74) is 0.346. The number of amides is 1. The predicted molar refractivity (Wildman–Crippen MR) is 110 cm³/mol. The standard InChI is InChI=1S/C19H18Cl2N2O5S/c1-28-19(25)12-4-6-16(21)17(10-12)22-18(24)14-11-13(5-7-15(14)20)29(26,27)23-8-2-3-9-23/h4-7,10-11H,2-3,8-9H2,1H3,(H,22,24). The summed E-state index contributed by atoms with van der Waals surface area (Å²) in [4.78, 5) is 24.4. The van der Waals surface area contributed by atoms with Crippen LogP contribution in [-0.2, 0) is 14.8 Å². The van der Waals surface area contributed by atoms with Crippen LogP contribution in [0.1, 0.15) is 33.6 Å². The van der Waals surface area contributed by atoms with Crippen molar-refractivity contribution < 1.29 is 22.7 Å². The lowest BCUT2D eigenvalue weighted by Crippen LogP contribution is -2.28. The molecule has 7 nitrogen and oxygen atoms in total. The van der Waals surface area contributed by atoms with E-state index in [1.54, 1.807) is 0 Å². The molecule has 0 saturated carbocycles. The second kappa shape index (κ2) is 8.71. The molecule has 154 valence electrons. The Morgan fingerprint density at radius 1 is 1.03 bits per heavy atom. The fourth-order valence-corrected chi connectivity index (χ4v) is 4.88. The zero-order valence-corrected chi connectivity index (χ0v) is 17.8. The molecule has 0 radical (unpaired) electrons. The number of benzene rings is 2. The Labute approximate surface area is 178 Å². The van der Waals surface area contributed by atoms with Crippen molar-refractivity contribution in [3.63, 3.8) is 0 Å². The minimum absolute atomic E-state index is 0.0108. The second-order valence-corrected chi connectivity index (χ2v) is 9.15. The molecule has 1 aliphatic rings. The summed E-state index contributed by atoms with van der Waals surface area (Å²) in [6.07, 6.45) is 1.60. The van der Waals surface area contributed by atoms with E-state index < -0.39 is 21.9 Å². The molecule has 0 bridgehead atoms. The number of ether oxygens (including phenoxy) is 1. The van der Waals surface area contributed by atoms with E-state index in [1.165, 1.54) is 47.8 Å². The lowest BCUT2D eigenvalue weighted by atomic mass is 10.1. The van der Waals surface area contributed by atoms with E-state index in [0.717, 1.165) is 12.8 Å². The highest BCUT2D eigenvalue weighted by molar-refractivity contribution is 7.89. The van der Waals surface area contributed by atoms with Gasteiger partial charge in [0, 0.05) is 13.1 Å². The lowest BCUT2D eigenvalue weighted by molar-refractivity contribution is 0.0600. The number of carbonyl (C=O) groups is 2. The van der Waals surface area contributed by atoms with Crippen molar-refractivity contribution >= 4 is 50.8 Å². The molecule has 1 saturated heterocycles. The largest absolute Gasteiger partial charge is 0.465 e. The van der Waals surface area contributed by atoms with Gasteiger partial charge in [0.2, 0.25) is 10.0 Å². The van der Waals surface area contributed by atoms with Gasteiger partial charge in [0.1, 0.15) is 0 Å². The lowest BCUT2D eigenvalue weighted by Gasteiger charge is -2.16. The average molecular weight is 457 g/mol. The molecule has 1 amide bonds. The topological polar surface area (TPSA) is 92.8 Å². The maximum atomic E-state index is 12.8. The molecular weight excluding hydrogens is 439 g/mol. The van der Waals surface area contributed by atoms with Crippen LogP contribution >= 0.6 is 23.2 Å². The van der Waals surface area contributed by atoms with Crippen molar-refractivity contribution in [1.29, 1.82) is 0 Å². The summed E-state index contributed by atoms with van der Waals surface area (Å²) >= 11 is 12.2. The quantitative estimate of drug-likeness (QED) is 0.690. The van der Waals surface area contributed by atoms with E-state index in [1.807, 2.05) is 0 Å². The fourth-order valence-electron chi connectivity index (χ4n) is 2.97. The van der Waals surface area contributed by atoms with Crippen LogP contribution in [0.3, 0.4) is 0 Å². The van der Waals surface area contributed by atoms with Gasteiger partial charge in [0.15, 0.2) is 0 Å². The van der Waals surface area contributed by atoms with Crippen molar-refractivity contribution in [2.24, 2.45) is 0 Å². The Morgan fingerprint density at radius 2 is 1.69 bits per heavy atom. The molecule has 1 heterocycles. The average Bonchev–Trinajstić information content (AvgIpc) is 3.25. The first-order valence-corrected chi connectivity index (χ1v) is 10.9. The van der Waals surface area contributed by atoms with Gasteiger partial charge in [-0.15, -0.1) is 0 Å². The van der Waals surface area contributed by atoms with Crippen LogP contribution in [0.4, 0.5) is 5.69 Å². The van der Waals surface area contributed by atoms with Crippen LogP contribution in [0.5, 0.6) is 0 Å². The first kappa shape index (κ1) is 21.6. The van der Waals surface area contributed by atoms with Crippen LogP contribution in [0.2, 0.25) is 10.0 Å². The Hall–Kier alpha value is -2.13. The molecule has 0 aromatic heterocycles. The van der Waals surface area contributed by atoms with Gasteiger partial charge in [0.25, 0.3) is 5.91 Å². The number of sulfonamides is 1. The van der Waals surface area contributed by atoms with Crippen molar-refractivity contribution in [1.82, 2.24) is 4.31 Å². The van der Waals surface area contributed by atoms with Crippen molar-refractivity contribution in [2.75, 3.05) is 25.5 Å². The van der Waals surface area contributed by atoms with Gasteiger partial charge in [0.05, 0.1) is 38.9 Å². The first-order valence-electron chi connectivity index (χ1n) is 8.73. The highest BCUT2D eigenvalue weighted by Crippen LogP contribution is 2.28. The molecule has 29 heavy (non-hydrogen) atoms. The van der Waals surface area contributed by atoms with E-state index in [0.29, 0.717) is 13.1 Å². The smallest absolute Gasteiger partial charge is 0.337 e. The molecule has 1 fully saturated rings. The zero-order valence-electron chi connectivity index (χ0n) is 15.4. The van der Waals surface area contributed by atoms with Crippen LogP contribution in [0, 0.1) is 0 Å². The third kappa shape index (κ3) is 4.56. The van der Waals surface area contributed by atoms with Crippen molar-refractivity contribution in [3.05, 3.63) is 57.6 Å². The van der Waals surface area contributed by atoms with E-state index in [-0.39, 0.29) is 31.8 Å². The van der Waals surface area contributed by atoms with E-state index in [4.69, 9.17) is 23.2 Å². The number of hydrogen-bond donors (Lipinski definition) is 1. The van der Waals surface area contributed by atoms with Crippen molar-refractivity contribution in [3.8, 4) is 0 Å². The molecule has 0 unspecified atom stereocenters. The molecule has 1 N–H and O–H groups in total. The zero-order chi connectivity index (χ0) is 21.2. The van der Waals surface area contributed by atoms with E-state index in [9.17, 15) is 18.0 Å². The fraction of sp³-hybridized carbons (Fsp3) is 0.263. The molecule has 0 aliphatic carbocycles. The number of nitrogens with one attached hydrogen (secondary N) is 1. The molecule has 0 atom stereocenters. The Bertz CT molecular complexity index is 1070. The van der Waals surface area contributed by atoms with Gasteiger partial charge >= 0.3 is 5.97 Å². The molecule has 0 spiro atoms. The number of carbonyl (C=O) groups excluding carboxylic acids is 2. The van der Waals surface area contributed by atoms with Gasteiger partial charge in [-0.25, -0.2) is 13.2 Å². The Morgan fingerprint density at radius 3 is 2.34 bits per heavy atom. The number of esters is 1. The Balaban J connectivity index is 1.91. The minimum Gasteiger partial charge on any atom is -0.465 e. The van der Waals surface area contributed by atoms with Gasteiger partial charge in [-0.3, -0.25) is 4.79 Å². The SMILES string of the molecule is COC(=O)c1ccc(Cl)c(NC(=O)c2cc(S(=O)(=O)N3CCCC3)ccc2Cl)c1. The summed E-state index contributed by atoms with van der Waals surface area (Å²) in [6.45, 7) is 0.894. The molecule has 3 rings (SSSR count). The second-order valence-electron chi connectivity index (χ2n) is 6.39. The number of rotatable bonds is 5. The molecule has 2 aromatic rings. The van der Waals surface area contributed by atoms with Crippen molar-refractivity contribution in [2.45, 2.75) is 17.7 Å². The van der Waals surface area contributed by atoms with Crippen LogP contribution in [-0.4, -0.2) is 44.8 Å². The molecular formula is C19H18Cl2N2O5S. The predicted octanol–water partition coefficient (Wildman–Crippen LogP) is 3.82. The summed E-state index contributed by atoms with van der Waals surface area (Å²) in [5.74, 6) is -1.24. The summed E-state index contributed by atoms with van der Waals surface area (Å²) in [5, 5.41) is 2.85. The highest BCUT2D eigenvalue weighted by atomic mass is 35.5. The van der Waals surface area contributed by atoms with Gasteiger partial charge in [-0.05, 0) is 49.2 Å². The summed E-state index contributed by atoms with van der Waals surface area (Å²) < 4.78 is 31.6. The van der Waals surface area contributed by atoms with Gasteiger partial charge in [-0.2, -0.15) is 4.31 Å². The van der Waals surface area contributed by atoms with E-state index >= 15 is 0 Å². The van der Waals surface area contributed by atoms with Gasteiger partial charge < -0.3 is 10.1 Å². The molecule has 10 heteroatoms. The van der Waals surface area contributed by atoms with E-state index in [2.05, 4.69) is 10.1 Å². The third-order valence-electron chi connectivity index (χ3n) is 4.52. The first-order chi connectivity index (χ1) is 13.7. The normalized spacial score (nSPS) is 14.6. The summed E-state index contributed by atoms with van der Waals surface area (Å²) in [6, 6.07) is 8.25. The van der Waals surface area contributed by atoms with Crippen LogP contribution in [0.25, 0.3) is 0 Å². The van der Waals surface area contributed by atoms with Crippen LogP contribution in [0.15, 0.2) is 41.3 Å². The third-order valence-corrected chi connectivity index (χ3v) is 7.07. The maximum absolute atomic E-state index is 12.8. The number of methoxy groups -OCH3 is 1. The monoisotopic (exact) mass is 456 g/mol. The minimum atomic E-state index is -3.71. The number of halogens is 2. The number of hydrogen-bond acceptors (Lipinski definition) is 5. The van der Waals surface area contributed by atoms with Gasteiger partial charge in [-0.1, -0.05) is 23.2 Å². The highest BCUT2D eigenvalue weighted by Gasteiger charge is 2.28. The van der Waals surface area contributed by atoms with Crippen LogP contribution < -0.4 is 5.32 Å². The Kier molecular flexibility index (Phi) is 6.48. The molecule has 2 aromatic carbocycles. The number of anilines is 1.